The van der Waals surface area contributed by atoms with E-state index in [1.54, 1.807) is 43.3 Å². The van der Waals surface area contributed by atoms with Gasteiger partial charge < -0.3 is 9.84 Å². The van der Waals surface area contributed by atoms with E-state index >= 15 is 0 Å². The number of aryl methyl sites for hydroxylation is 2. The number of carbonyl (C=O) groups excluding carboxylic acids is 2. The Morgan fingerprint density at radius 1 is 0.828 bits per heavy atom. The summed E-state index contributed by atoms with van der Waals surface area (Å²) in [6, 6.07) is 19.6. The van der Waals surface area contributed by atoms with Gasteiger partial charge in [0.15, 0.2) is 6.10 Å². The van der Waals surface area contributed by atoms with E-state index < -0.39 is 12.1 Å². The van der Waals surface area contributed by atoms with Crippen molar-refractivity contribution >= 4 is 11.8 Å². The van der Waals surface area contributed by atoms with Crippen LogP contribution in [0.15, 0.2) is 66.7 Å². The predicted octanol–water partition coefficient (Wildman–Crippen LogP) is 4.98. The summed E-state index contributed by atoms with van der Waals surface area (Å²) in [5.41, 5.74) is 5.36. The first-order valence-corrected chi connectivity index (χ1v) is 9.78. The van der Waals surface area contributed by atoms with Gasteiger partial charge in [-0.25, -0.2) is 4.79 Å². The highest BCUT2D eigenvalue weighted by Crippen LogP contribution is 2.24. The molecule has 1 aliphatic carbocycles. The third-order valence-corrected chi connectivity index (χ3v) is 5.36. The number of hydrogen-bond acceptors (Lipinski definition) is 4. The highest BCUT2D eigenvalue weighted by Gasteiger charge is 2.22. The maximum atomic E-state index is 12.7. The number of phenolic OH excluding ortho intramolecular Hbond substituents is 1. The van der Waals surface area contributed by atoms with Gasteiger partial charge in [-0.05, 0) is 78.8 Å². The molecule has 3 aromatic rings. The van der Waals surface area contributed by atoms with Crippen molar-refractivity contribution in [1.29, 1.82) is 0 Å². The summed E-state index contributed by atoms with van der Waals surface area (Å²) in [4.78, 5) is 25.1. The van der Waals surface area contributed by atoms with Crippen LogP contribution in [-0.4, -0.2) is 23.0 Å². The molecule has 0 bridgehead atoms. The van der Waals surface area contributed by atoms with Crippen molar-refractivity contribution in [3.05, 3.63) is 89.0 Å². The molecule has 0 aromatic heterocycles. The summed E-state index contributed by atoms with van der Waals surface area (Å²) in [6.45, 7) is 1.61. The summed E-state index contributed by atoms with van der Waals surface area (Å²) in [5, 5.41) is 9.39. The van der Waals surface area contributed by atoms with Crippen molar-refractivity contribution in [2.45, 2.75) is 32.3 Å². The highest BCUT2D eigenvalue weighted by molar-refractivity contribution is 6.01. The van der Waals surface area contributed by atoms with Gasteiger partial charge in [-0.1, -0.05) is 36.4 Å². The Balaban J connectivity index is 1.43. The molecule has 4 rings (SSSR count). The van der Waals surface area contributed by atoms with Crippen LogP contribution in [0.2, 0.25) is 0 Å². The second-order valence-electron chi connectivity index (χ2n) is 7.37. The largest absolute Gasteiger partial charge is 0.508 e. The lowest BCUT2D eigenvalue weighted by molar-refractivity contribution is 0.0319. The third kappa shape index (κ3) is 4.06. The van der Waals surface area contributed by atoms with E-state index in [1.807, 2.05) is 30.3 Å². The molecule has 1 atom stereocenters. The molecule has 0 heterocycles. The fourth-order valence-electron chi connectivity index (χ4n) is 3.69. The predicted molar refractivity (Wildman–Crippen MR) is 111 cm³/mol. The van der Waals surface area contributed by atoms with Crippen molar-refractivity contribution < 1.29 is 19.4 Å². The van der Waals surface area contributed by atoms with E-state index in [2.05, 4.69) is 0 Å². The third-order valence-electron chi connectivity index (χ3n) is 5.36. The van der Waals surface area contributed by atoms with Crippen molar-refractivity contribution in [2.75, 3.05) is 0 Å². The van der Waals surface area contributed by atoms with Crippen LogP contribution >= 0.6 is 0 Å². The normalized spacial score (nSPS) is 13.6. The van der Waals surface area contributed by atoms with E-state index in [0.717, 1.165) is 30.4 Å². The molecule has 146 valence electrons. The lowest BCUT2D eigenvalue weighted by Crippen LogP contribution is -2.24. The number of ketones is 1. The molecule has 0 spiro atoms. The van der Waals surface area contributed by atoms with Gasteiger partial charge in [-0.15, -0.1) is 0 Å². The molecule has 0 aliphatic heterocycles. The van der Waals surface area contributed by atoms with E-state index in [1.165, 1.54) is 11.1 Å². The second kappa shape index (κ2) is 7.92. The Hall–Kier alpha value is -3.40. The zero-order valence-electron chi connectivity index (χ0n) is 16.2. The molecule has 0 radical (unpaired) electrons. The van der Waals surface area contributed by atoms with E-state index in [-0.39, 0.29) is 11.5 Å². The standard InChI is InChI=1S/C25H22O4/c1-16(24(27)22-10-7-17-3-2-4-21(17)15-22)29-25(28)20-8-5-18(6-9-20)19-11-13-23(26)14-12-19/h5-16,26H,2-4H2,1H3/t16-/m0/s1. The molecule has 3 aromatic carbocycles. The Bertz CT molecular complexity index is 1050. The Kier molecular flexibility index (Phi) is 5.17. The number of phenols is 1. The number of Topliss-reactive ketones (excluding diaryl/α,β-unsaturated/α-hetero) is 1. The molecule has 0 unspecified atom stereocenters. The second-order valence-corrected chi connectivity index (χ2v) is 7.37. The van der Waals surface area contributed by atoms with Crippen LogP contribution in [0.5, 0.6) is 5.75 Å². The van der Waals surface area contributed by atoms with Gasteiger partial charge in [0, 0.05) is 5.56 Å². The maximum Gasteiger partial charge on any atom is 0.338 e. The minimum absolute atomic E-state index is 0.186. The first kappa shape index (κ1) is 18.9. The molecule has 0 saturated carbocycles. The lowest BCUT2D eigenvalue weighted by Gasteiger charge is -2.13. The van der Waals surface area contributed by atoms with Crippen LogP contribution in [-0.2, 0) is 17.6 Å². The summed E-state index contributed by atoms with van der Waals surface area (Å²) in [5.74, 6) is -0.506. The molecule has 29 heavy (non-hydrogen) atoms. The smallest absolute Gasteiger partial charge is 0.338 e. The zero-order chi connectivity index (χ0) is 20.4. The van der Waals surface area contributed by atoms with Gasteiger partial charge in [0.05, 0.1) is 5.56 Å². The lowest BCUT2D eigenvalue weighted by atomic mass is 10.0. The molecular formula is C25H22O4. The van der Waals surface area contributed by atoms with Crippen molar-refractivity contribution in [3.8, 4) is 16.9 Å². The van der Waals surface area contributed by atoms with Crippen LogP contribution in [0.3, 0.4) is 0 Å². The molecule has 0 fully saturated rings. The number of ether oxygens (including phenoxy) is 1. The molecule has 0 amide bonds. The number of hydrogen-bond donors (Lipinski definition) is 1. The van der Waals surface area contributed by atoms with Gasteiger partial charge in [-0.3, -0.25) is 4.79 Å². The number of aromatic hydroxyl groups is 1. The fraction of sp³-hybridized carbons (Fsp3) is 0.200. The van der Waals surface area contributed by atoms with Crippen molar-refractivity contribution in [2.24, 2.45) is 0 Å². The van der Waals surface area contributed by atoms with Crippen LogP contribution in [0, 0.1) is 0 Å². The molecule has 4 heteroatoms. The number of carbonyl (C=O) groups is 2. The van der Waals surface area contributed by atoms with Crippen LogP contribution in [0.4, 0.5) is 0 Å². The quantitative estimate of drug-likeness (QED) is 0.496. The Morgan fingerprint density at radius 3 is 2.10 bits per heavy atom. The van der Waals surface area contributed by atoms with Gasteiger partial charge in [0.2, 0.25) is 5.78 Å². The number of benzene rings is 3. The van der Waals surface area contributed by atoms with Crippen molar-refractivity contribution in [1.82, 2.24) is 0 Å². The van der Waals surface area contributed by atoms with E-state index in [0.29, 0.717) is 11.1 Å². The summed E-state index contributed by atoms with van der Waals surface area (Å²) < 4.78 is 5.41. The maximum absolute atomic E-state index is 12.7. The average molecular weight is 386 g/mol. The Labute approximate surface area is 169 Å². The molecular weight excluding hydrogens is 364 g/mol. The van der Waals surface area contributed by atoms with E-state index in [9.17, 15) is 14.7 Å². The van der Waals surface area contributed by atoms with Crippen LogP contribution in [0.25, 0.3) is 11.1 Å². The van der Waals surface area contributed by atoms with Gasteiger partial charge in [0.1, 0.15) is 5.75 Å². The van der Waals surface area contributed by atoms with Crippen molar-refractivity contribution in [3.63, 3.8) is 0 Å². The van der Waals surface area contributed by atoms with Gasteiger partial charge in [-0.2, -0.15) is 0 Å². The van der Waals surface area contributed by atoms with Gasteiger partial charge in [0.25, 0.3) is 0 Å². The minimum atomic E-state index is -0.848. The zero-order valence-corrected chi connectivity index (χ0v) is 16.2. The van der Waals surface area contributed by atoms with E-state index in [4.69, 9.17) is 4.74 Å². The number of esters is 1. The SMILES string of the molecule is C[C@H](OC(=O)c1ccc(-c2ccc(O)cc2)cc1)C(=O)c1ccc2c(c1)CCC2. The Morgan fingerprint density at radius 2 is 1.41 bits per heavy atom. The first-order valence-electron chi connectivity index (χ1n) is 9.78. The summed E-state index contributed by atoms with van der Waals surface area (Å²) in [7, 11) is 0. The molecule has 0 saturated heterocycles. The van der Waals surface area contributed by atoms with Crippen LogP contribution < -0.4 is 0 Å². The monoisotopic (exact) mass is 386 g/mol. The topological polar surface area (TPSA) is 63.6 Å². The van der Waals surface area contributed by atoms with Gasteiger partial charge >= 0.3 is 5.97 Å². The average Bonchev–Trinajstić information content (AvgIpc) is 3.21. The highest BCUT2D eigenvalue weighted by atomic mass is 16.5. The molecule has 1 aliphatic rings. The summed E-state index contributed by atoms with van der Waals surface area (Å²) in [6.07, 6.45) is 2.34. The number of rotatable bonds is 5. The first-order chi connectivity index (χ1) is 14.0. The molecule has 4 nitrogen and oxygen atoms in total. The molecule has 1 N–H and O–H groups in total. The number of fused-ring (bicyclic) bond motifs is 1. The van der Waals surface area contributed by atoms with Crippen LogP contribution in [0.1, 0.15) is 45.2 Å². The fourth-order valence-corrected chi connectivity index (χ4v) is 3.69. The minimum Gasteiger partial charge on any atom is -0.508 e. The summed E-state index contributed by atoms with van der Waals surface area (Å²) >= 11 is 0.